The van der Waals surface area contributed by atoms with Crippen molar-refractivity contribution >= 4 is 36.2 Å². The standard InChI is InChI=1S/C34H43N4O6P/c1-34(17-26-18-35-28-11-7-6-10-27(26)28,38-33(41)44-31-24-13-21-12-22(15-24)16-25(31)14-21)32(40)36-19-29(23-8-4-3-5-9-23)37-30(39)20-45(2,42)43/h3-11,18,21-22,24-25,29,31,35H,12-17,19-20H2,1-2H3,(H,36,40)(H,37,39)(H,38,41)(H,42,43)/t21?,22?,24?,25?,29-,31?,34-/m1/s1. The Hall–Kier alpha value is -3.62. The number of aromatic nitrogens is 1. The zero-order valence-corrected chi connectivity index (χ0v) is 26.7. The maximum atomic E-state index is 14.1. The number of H-pyrrole nitrogens is 1. The molecule has 240 valence electrons. The number of hydrogen-bond donors (Lipinski definition) is 5. The second-order valence-corrected chi connectivity index (χ2v) is 16.2. The van der Waals surface area contributed by atoms with E-state index in [4.69, 9.17) is 4.74 Å². The highest BCUT2D eigenvalue weighted by atomic mass is 31.2. The van der Waals surface area contributed by atoms with Crippen molar-refractivity contribution in [3.63, 3.8) is 0 Å². The number of carbonyl (C=O) groups excluding carboxylic acids is 3. The third kappa shape index (κ3) is 7.28. The average molecular weight is 635 g/mol. The lowest BCUT2D eigenvalue weighted by Gasteiger charge is -2.53. The van der Waals surface area contributed by atoms with Crippen LogP contribution >= 0.6 is 7.37 Å². The fourth-order valence-electron chi connectivity index (χ4n) is 8.12. The molecule has 5 N–H and O–H groups in total. The van der Waals surface area contributed by atoms with Gasteiger partial charge in [-0.1, -0.05) is 48.5 Å². The number of carbonyl (C=O) groups is 3. The summed E-state index contributed by atoms with van der Waals surface area (Å²) >= 11 is 0. The highest BCUT2D eigenvalue weighted by molar-refractivity contribution is 7.58. The molecule has 1 unspecified atom stereocenters. The summed E-state index contributed by atoms with van der Waals surface area (Å²) in [4.78, 5) is 53.2. The van der Waals surface area contributed by atoms with Gasteiger partial charge in [-0.3, -0.25) is 14.2 Å². The van der Waals surface area contributed by atoms with Crippen LogP contribution in [0.15, 0.2) is 60.8 Å². The first-order valence-electron chi connectivity index (χ1n) is 15.9. The maximum absolute atomic E-state index is 14.1. The summed E-state index contributed by atoms with van der Waals surface area (Å²) in [6, 6.07) is 16.2. The molecule has 4 saturated carbocycles. The van der Waals surface area contributed by atoms with Gasteiger partial charge in [0.05, 0.1) is 6.04 Å². The fourth-order valence-corrected chi connectivity index (χ4v) is 8.74. The van der Waals surface area contributed by atoms with Crippen molar-refractivity contribution in [2.45, 2.75) is 63.1 Å². The summed E-state index contributed by atoms with van der Waals surface area (Å²) < 4.78 is 18.0. The second-order valence-electron chi connectivity index (χ2n) is 13.7. The van der Waals surface area contributed by atoms with Crippen LogP contribution in [-0.4, -0.2) is 58.8 Å². The molecule has 0 radical (unpaired) electrons. The number of para-hydroxylation sites is 1. The average Bonchev–Trinajstić information content (AvgIpc) is 3.38. The van der Waals surface area contributed by atoms with Crippen LogP contribution in [0.25, 0.3) is 10.9 Å². The van der Waals surface area contributed by atoms with Crippen LogP contribution in [0.4, 0.5) is 4.79 Å². The second kappa shape index (κ2) is 12.6. The number of hydrogen-bond acceptors (Lipinski definition) is 5. The molecule has 2 aromatic carbocycles. The van der Waals surface area contributed by atoms with E-state index in [1.807, 2.05) is 60.8 Å². The maximum Gasteiger partial charge on any atom is 0.408 e. The van der Waals surface area contributed by atoms with Crippen LogP contribution in [0.1, 0.15) is 56.2 Å². The van der Waals surface area contributed by atoms with E-state index in [1.165, 1.54) is 6.42 Å². The summed E-state index contributed by atoms with van der Waals surface area (Å²) in [5, 5.41) is 9.63. The third-order valence-corrected chi connectivity index (χ3v) is 10.8. The Balaban J connectivity index is 1.20. The monoisotopic (exact) mass is 634 g/mol. The van der Waals surface area contributed by atoms with Gasteiger partial charge >= 0.3 is 6.09 Å². The minimum atomic E-state index is -3.59. The molecule has 4 fully saturated rings. The molecule has 4 bridgehead atoms. The van der Waals surface area contributed by atoms with Gasteiger partial charge in [-0.2, -0.15) is 0 Å². The quantitative estimate of drug-likeness (QED) is 0.190. The van der Waals surface area contributed by atoms with Gasteiger partial charge in [0, 0.05) is 36.7 Å². The van der Waals surface area contributed by atoms with Crippen LogP contribution < -0.4 is 16.0 Å². The molecule has 11 heteroatoms. The molecule has 45 heavy (non-hydrogen) atoms. The van der Waals surface area contributed by atoms with E-state index in [2.05, 4.69) is 20.9 Å². The zero-order chi connectivity index (χ0) is 31.8. The smallest absolute Gasteiger partial charge is 0.408 e. The van der Waals surface area contributed by atoms with E-state index < -0.39 is 43.0 Å². The van der Waals surface area contributed by atoms with E-state index in [-0.39, 0.29) is 19.1 Å². The first-order chi connectivity index (χ1) is 21.5. The lowest BCUT2D eigenvalue weighted by atomic mass is 9.55. The number of nitrogens with one attached hydrogen (secondary N) is 4. The lowest BCUT2D eigenvalue weighted by Crippen LogP contribution is -2.60. The Morgan fingerprint density at radius 2 is 1.64 bits per heavy atom. The van der Waals surface area contributed by atoms with Crippen LogP contribution in [-0.2, 0) is 25.3 Å². The van der Waals surface area contributed by atoms with Crippen LogP contribution in [0.5, 0.6) is 0 Å². The van der Waals surface area contributed by atoms with Gasteiger partial charge in [-0.15, -0.1) is 0 Å². The molecule has 7 rings (SSSR count). The number of fused-ring (bicyclic) bond motifs is 1. The molecule has 0 aliphatic heterocycles. The van der Waals surface area contributed by atoms with Gasteiger partial charge < -0.3 is 30.6 Å². The molecule has 10 nitrogen and oxygen atoms in total. The largest absolute Gasteiger partial charge is 0.446 e. The summed E-state index contributed by atoms with van der Waals surface area (Å²) in [7, 11) is -3.59. The van der Waals surface area contributed by atoms with Crippen molar-refractivity contribution in [1.29, 1.82) is 0 Å². The predicted octanol–water partition coefficient (Wildman–Crippen LogP) is 4.89. The van der Waals surface area contributed by atoms with Crippen molar-refractivity contribution in [2.75, 3.05) is 19.4 Å². The molecule has 3 atom stereocenters. The van der Waals surface area contributed by atoms with E-state index in [0.29, 0.717) is 11.8 Å². The number of ether oxygens (including phenoxy) is 1. The number of rotatable bonds is 11. The highest BCUT2D eigenvalue weighted by Gasteiger charge is 2.50. The summed E-state index contributed by atoms with van der Waals surface area (Å²) in [5.41, 5.74) is 1.13. The van der Waals surface area contributed by atoms with Gasteiger partial charge in [0.25, 0.3) is 0 Å². The van der Waals surface area contributed by atoms with Gasteiger partial charge in [-0.25, -0.2) is 4.79 Å². The number of alkyl carbamates (subject to hydrolysis) is 1. The first-order valence-corrected chi connectivity index (χ1v) is 18.2. The van der Waals surface area contributed by atoms with E-state index in [1.54, 1.807) is 6.92 Å². The van der Waals surface area contributed by atoms with Gasteiger partial charge in [-0.05, 0) is 79.9 Å². The number of benzene rings is 2. The van der Waals surface area contributed by atoms with Crippen molar-refractivity contribution in [1.82, 2.24) is 20.9 Å². The molecular weight excluding hydrogens is 591 g/mol. The molecule has 4 aliphatic rings. The summed E-state index contributed by atoms with van der Waals surface area (Å²) in [6.45, 7) is 2.83. The molecule has 0 saturated heterocycles. The molecule has 1 aromatic heterocycles. The minimum Gasteiger partial charge on any atom is -0.446 e. The highest BCUT2D eigenvalue weighted by Crippen LogP contribution is 2.54. The van der Waals surface area contributed by atoms with Gasteiger partial charge in [0.2, 0.25) is 19.2 Å². The van der Waals surface area contributed by atoms with Gasteiger partial charge in [0.1, 0.15) is 17.8 Å². The first kappa shape index (κ1) is 31.4. The van der Waals surface area contributed by atoms with Crippen LogP contribution in [0.2, 0.25) is 0 Å². The van der Waals surface area contributed by atoms with Crippen LogP contribution in [0, 0.1) is 23.7 Å². The van der Waals surface area contributed by atoms with E-state index >= 15 is 0 Å². The van der Waals surface area contributed by atoms with Crippen molar-refractivity contribution in [3.05, 3.63) is 71.9 Å². The third-order valence-electron chi connectivity index (χ3n) is 9.92. The topological polar surface area (TPSA) is 150 Å². The van der Waals surface area contributed by atoms with Crippen LogP contribution in [0.3, 0.4) is 0 Å². The summed E-state index contributed by atoms with van der Waals surface area (Å²) in [6.07, 6.45) is 6.53. The number of amides is 3. The number of aromatic amines is 1. The van der Waals surface area contributed by atoms with Crippen molar-refractivity contribution in [3.8, 4) is 0 Å². The molecule has 3 aromatic rings. The zero-order valence-electron chi connectivity index (χ0n) is 25.8. The Kier molecular flexibility index (Phi) is 8.81. The molecular formula is C34H43N4O6P. The Labute approximate surface area is 263 Å². The van der Waals surface area contributed by atoms with E-state index in [0.717, 1.165) is 66.2 Å². The van der Waals surface area contributed by atoms with Gasteiger partial charge in [0.15, 0.2) is 0 Å². The predicted molar refractivity (Wildman–Crippen MR) is 172 cm³/mol. The Bertz CT molecular complexity index is 1570. The molecule has 3 amide bonds. The Morgan fingerprint density at radius 1 is 1.00 bits per heavy atom. The fraction of sp³-hybridized carbons (Fsp3) is 0.500. The van der Waals surface area contributed by atoms with Crippen molar-refractivity contribution in [2.24, 2.45) is 23.7 Å². The van der Waals surface area contributed by atoms with E-state index in [9.17, 15) is 23.8 Å². The molecule has 1 heterocycles. The van der Waals surface area contributed by atoms with Crippen molar-refractivity contribution < 1.29 is 28.6 Å². The SMILES string of the molecule is C[C@](Cc1c[nH]c2ccccc12)(NC(=O)OC1C2CC3CC(C2)CC1C3)C(=O)NC[C@@H](NC(=O)CP(C)(=O)O)c1ccccc1. The molecule has 4 aliphatic carbocycles. The minimum absolute atomic E-state index is 0.00375. The lowest BCUT2D eigenvalue weighted by molar-refractivity contribution is -0.128. The Morgan fingerprint density at radius 3 is 2.31 bits per heavy atom. The normalized spacial score (nSPS) is 26.8. The summed E-state index contributed by atoms with van der Waals surface area (Å²) in [5.74, 6) is 1.22. The molecule has 0 spiro atoms.